The van der Waals surface area contributed by atoms with E-state index in [-0.39, 0.29) is 6.61 Å². The van der Waals surface area contributed by atoms with Crippen LogP contribution in [0.15, 0.2) is 53.3 Å². The lowest BCUT2D eigenvalue weighted by Crippen LogP contribution is -2.06. The number of nitrogens with zero attached hydrogens (tertiary/aromatic N) is 3. The molecule has 0 aliphatic heterocycles. The second-order valence-corrected chi connectivity index (χ2v) is 6.50. The zero-order chi connectivity index (χ0) is 18.8. The Balaban J connectivity index is 1.73. The molecule has 3 heterocycles. The highest BCUT2D eigenvalue weighted by molar-refractivity contribution is 5.88. The molecule has 0 aliphatic rings. The van der Waals surface area contributed by atoms with Crippen LogP contribution in [0.25, 0.3) is 10.9 Å². The molecule has 0 radical (unpaired) electrons. The van der Waals surface area contributed by atoms with Crippen molar-refractivity contribution in [2.45, 2.75) is 33.6 Å². The van der Waals surface area contributed by atoms with Crippen molar-refractivity contribution in [2.75, 3.05) is 0 Å². The van der Waals surface area contributed by atoms with Crippen LogP contribution in [0, 0.1) is 13.8 Å². The Bertz CT molecular complexity index is 1070. The van der Waals surface area contributed by atoms with E-state index < -0.39 is 0 Å². The van der Waals surface area contributed by atoms with Crippen LogP contribution in [0.5, 0.6) is 5.88 Å². The van der Waals surface area contributed by atoms with Crippen molar-refractivity contribution >= 4 is 10.9 Å². The van der Waals surface area contributed by atoms with Crippen molar-refractivity contribution in [1.82, 2.24) is 14.8 Å². The molecule has 0 unspecified atom stereocenters. The third-order valence-corrected chi connectivity index (χ3v) is 4.96. The van der Waals surface area contributed by atoms with Gasteiger partial charge in [0.25, 0.3) is 5.88 Å². The summed E-state index contributed by atoms with van der Waals surface area (Å²) < 4.78 is 13.7. The summed E-state index contributed by atoms with van der Waals surface area (Å²) in [5, 5.41) is 18.9. The van der Waals surface area contributed by atoms with Gasteiger partial charge >= 0.3 is 0 Å². The first kappa shape index (κ1) is 17.3. The molecule has 138 valence electrons. The van der Waals surface area contributed by atoms with Crippen LogP contribution in [-0.2, 0) is 19.8 Å². The van der Waals surface area contributed by atoms with Crippen LogP contribution in [-0.4, -0.2) is 19.9 Å². The molecule has 1 aromatic carbocycles. The van der Waals surface area contributed by atoms with Crippen LogP contribution >= 0.6 is 0 Å². The van der Waals surface area contributed by atoms with Gasteiger partial charge in [-0.15, -0.1) is 5.10 Å². The fourth-order valence-corrected chi connectivity index (χ4v) is 3.31. The monoisotopic (exact) mass is 363 g/mol. The minimum absolute atomic E-state index is 0.0253. The molecule has 0 atom stereocenters. The summed E-state index contributed by atoms with van der Waals surface area (Å²) in [7, 11) is 0. The number of aryl methyl sites for hydroxylation is 1. The number of fused-ring (bicyclic) bond motifs is 1. The topological polar surface area (TPSA) is 73.3 Å². The fourth-order valence-electron chi connectivity index (χ4n) is 3.31. The third kappa shape index (κ3) is 3.19. The first-order valence-corrected chi connectivity index (χ1v) is 8.83. The molecule has 0 bridgehead atoms. The van der Waals surface area contributed by atoms with Crippen molar-refractivity contribution < 1.29 is 14.3 Å². The second kappa shape index (κ2) is 7.25. The van der Waals surface area contributed by atoms with E-state index in [4.69, 9.17) is 9.15 Å². The quantitative estimate of drug-likeness (QED) is 0.565. The van der Waals surface area contributed by atoms with Crippen molar-refractivity contribution in [3.8, 4) is 5.88 Å². The SMILES string of the molecule is Cc1c(C)n(Cc2ccco2)c2c(OCc3ccccc3CO)nncc12. The third-order valence-electron chi connectivity index (χ3n) is 4.96. The Morgan fingerprint density at radius 3 is 2.67 bits per heavy atom. The van der Waals surface area contributed by atoms with Gasteiger partial charge in [0, 0.05) is 11.1 Å². The van der Waals surface area contributed by atoms with Gasteiger partial charge in [-0.3, -0.25) is 0 Å². The maximum Gasteiger partial charge on any atom is 0.258 e. The molecular weight excluding hydrogens is 342 g/mol. The maximum absolute atomic E-state index is 9.52. The number of hydrogen-bond acceptors (Lipinski definition) is 5. The van der Waals surface area contributed by atoms with Gasteiger partial charge in [-0.05, 0) is 42.7 Å². The van der Waals surface area contributed by atoms with E-state index in [0.29, 0.717) is 19.0 Å². The standard InChI is InChI=1S/C21H21N3O3/c1-14-15(2)24(11-18-8-5-9-26-18)20-19(14)10-22-23-21(20)27-13-17-7-4-3-6-16(17)12-25/h3-10,25H,11-13H2,1-2H3. The number of benzene rings is 1. The normalized spacial score (nSPS) is 11.2. The molecule has 4 rings (SSSR count). The highest BCUT2D eigenvalue weighted by Crippen LogP contribution is 2.31. The molecule has 6 nitrogen and oxygen atoms in total. The predicted molar refractivity (Wildman–Crippen MR) is 102 cm³/mol. The molecule has 0 fully saturated rings. The molecule has 0 spiro atoms. The van der Waals surface area contributed by atoms with Gasteiger partial charge in [-0.1, -0.05) is 24.3 Å². The molecule has 0 saturated carbocycles. The molecule has 0 amide bonds. The highest BCUT2D eigenvalue weighted by Gasteiger charge is 2.18. The summed E-state index contributed by atoms with van der Waals surface area (Å²) in [4.78, 5) is 0. The van der Waals surface area contributed by atoms with Crippen LogP contribution in [0.4, 0.5) is 0 Å². The molecular formula is C21H21N3O3. The smallest absolute Gasteiger partial charge is 0.258 e. The van der Waals surface area contributed by atoms with Gasteiger partial charge in [0.05, 0.1) is 25.6 Å². The number of hydrogen-bond donors (Lipinski definition) is 1. The summed E-state index contributed by atoms with van der Waals surface area (Å²) in [6.07, 6.45) is 3.44. The van der Waals surface area contributed by atoms with Crippen LogP contribution in [0.1, 0.15) is 28.1 Å². The molecule has 0 aliphatic carbocycles. The number of furan rings is 1. The van der Waals surface area contributed by atoms with E-state index in [2.05, 4.69) is 28.6 Å². The van der Waals surface area contributed by atoms with Crippen molar-refractivity contribution in [3.05, 3.63) is 77.0 Å². The average molecular weight is 363 g/mol. The van der Waals surface area contributed by atoms with Gasteiger partial charge in [-0.2, -0.15) is 5.10 Å². The van der Waals surface area contributed by atoms with E-state index in [1.165, 1.54) is 0 Å². The molecule has 1 N–H and O–H groups in total. The van der Waals surface area contributed by atoms with Crippen molar-refractivity contribution in [1.29, 1.82) is 0 Å². The minimum Gasteiger partial charge on any atom is -0.470 e. The van der Waals surface area contributed by atoms with Gasteiger partial charge in [0.2, 0.25) is 0 Å². The lowest BCUT2D eigenvalue weighted by Gasteiger charge is -2.12. The molecule has 6 heteroatoms. The van der Waals surface area contributed by atoms with Crippen molar-refractivity contribution in [2.24, 2.45) is 0 Å². The zero-order valence-corrected chi connectivity index (χ0v) is 15.3. The number of aliphatic hydroxyl groups is 1. The Hall–Kier alpha value is -3.12. The molecule has 27 heavy (non-hydrogen) atoms. The van der Waals surface area contributed by atoms with E-state index in [0.717, 1.165) is 39.0 Å². The Morgan fingerprint density at radius 1 is 1.11 bits per heavy atom. The molecule has 0 saturated heterocycles. The number of rotatable bonds is 6. The van der Waals surface area contributed by atoms with E-state index in [1.807, 2.05) is 36.4 Å². The molecule has 3 aromatic heterocycles. The van der Waals surface area contributed by atoms with Gasteiger partial charge in [-0.25, -0.2) is 0 Å². The first-order chi connectivity index (χ1) is 13.2. The van der Waals surface area contributed by atoms with Crippen LogP contribution in [0.2, 0.25) is 0 Å². The Morgan fingerprint density at radius 2 is 1.93 bits per heavy atom. The summed E-state index contributed by atoms with van der Waals surface area (Å²) in [6.45, 7) is 5.03. The zero-order valence-electron chi connectivity index (χ0n) is 15.3. The van der Waals surface area contributed by atoms with Crippen LogP contribution in [0.3, 0.4) is 0 Å². The largest absolute Gasteiger partial charge is 0.470 e. The molecule has 4 aromatic rings. The van der Waals surface area contributed by atoms with Crippen molar-refractivity contribution in [3.63, 3.8) is 0 Å². The average Bonchev–Trinajstić information content (AvgIpc) is 3.30. The lowest BCUT2D eigenvalue weighted by molar-refractivity contribution is 0.266. The Kier molecular flexibility index (Phi) is 4.64. The van der Waals surface area contributed by atoms with Gasteiger partial charge in [0.1, 0.15) is 17.9 Å². The summed E-state index contributed by atoms with van der Waals surface area (Å²) in [5.74, 6) is 1.34. The first-order valence-electron chi connectivity index (χ1n) is 8.83. The highest BCUT2D eigenvalue weighted by atomic mass is 16.5. The number of aromatic nitrogens is 3. The summed E-state index contributed by atoms with van der Waals surface area (Å²) in [6, 6.07) is 11.5. The van der Waals surface area contributed by atoms with E-state index in [9.17, 15) is 5.11 Å². The van der Waals surface area contributed by atoms with E-state index in [1.54, 1.807) is 12.5 Å². The predicted octanol–water partition coefficient (Wildman–Crippen LogP) is 3.76. The number of ether oxygens (including phenoxy) is 1. The van der Waals surface area contributed by atoms with Crippen LogP contribution < -0.4 is 4.74 Å². The second-order valence-electron chi connectivity index (χ2n) is 6.50. The Labute approximate surface area is 157 Å². The maximum atomic E-state index is 9.52. The number of aliphatic hydroxyl groups excluding tert-OH is 1. The summed E-state index contributed by atoms with van der Waals surface area (Å²) in [5.41, 5.74) is 4.94. The fraction of sp³-hybridized carbons (Fsp3) is 0.238. The van der Waals surface area contributed by atoms with E-state index >= 15 is 0 Å². The van der Waals surface area contributed by atoms with Gasteiger partial charge in [0.15, 0.2) is 0 Å². The lowest BCUT2D eigenvalue weighted by atomic mass is 10.1. The minimum atomic E-state index is -0.0253. The summed E-state index contributed by atoms with van der Waals surface area (Å²) >= 11 is 0. The van der Waals surface area contributed by atoms with Gasteiger partial charge < -0.3 is 18.8 Å².